The second-order valence-electron chi connectivity index (χ2n) is 5.17. The van der Waals surface area contributed by atoms with Gasteiger partial charge in [0.05, 0.1) is 5.92 Å². The van der Waals surface area contributed by atoms with Crippen molar-refractivity contribution in [2.24, 2.45) is 11.7 Å². The fourth-order valence-electron chi connectivity index (χ4n) is 2.71. The summed E-state index contributed by atoms with van der Waals surface area (Å²) in [5, 5.41) is 3.16. The largest absolute Gasteiger partial charge is 0.353 e. The maximum Gasteiger partial charge on any atom is 0.227 e. The molecule has 4 heteroatoms. The predicted molar refractivity (Wildman–Crippen MR) is 80.4 cm³/mol. The molecule has 1 saturated carbocycles. The summed E-state index contributed by atoms with van der Waals surface area (Å²) in [6.45, 7) is 2.63. The van der Waals surface area contributed by atoms with Crippen molar-refractivity contribution in [3.8, 4) is 0 Å². The van der Waals surface area contributed by atoms with Crippen LogP contribution in [-0.4, -0.2) is 18.5 Å². The highest BCUT2D eigenvalue weighted by molar-refractivity contribution is 5.85. The lowest BCUT2D eigenvalue weighted by Crippen LogP contribution is -2.41. The zero-order chi connectivity index (χ0) is 13.0. The van der Waals surface area contributed by atoms with Gasteiger partial charge in [-0.25, -0.2) is 0 Å². The van der Waals surface area contributed by atoms with Crippen LogP contribution in [0.1, 0.15) is 37.7 Å². The van der Waals surface area contributed by atoms with Gasteiger partial charge in [-0.05, 0) is 37.8 Å². The van der Waals surface area contributed by atoms with E-state index in [0.29, 0.717) is 12.5 Å². The third kappa shape index (κ3) is 3.95. The Bertz CT molecular complexity index is 396. The van der Waals surface area contributed by atoms with E-state index in [4.69, 9.17) is 5.73 Å². The monoisotopic (exact) mass is 282 g/mol. The maximum atomic E-state index is 12.2. The Kier molecular flexibility index (Phi) is 6.32. The van der Waals surface area contributed by atoms with Gasteiger partial charge < -0.3 is 11.1 Å². The van der Waals surface area contributed by atoms with Gasteiger partial charge in [0.1, 0.15) is 0 Å². The predicted octanol–water partition coefficient (Wildman–Crippen LogP) is 2.46. The molecule has 19 heavy (non-hydrogen) atoms. The lowest BCUT2D eigenvalue weighted by atomic mass is 9.98. The van der Waals surface area contributed by atoms with E-state index in [9.17, 15) is 4.79 Å². The normalized spacial score (nSPS) is 23.5. The quantitative estimate of drug-likeness (QED) is 0.891. The van der Waals surface area contributed by atoms with Crippen LogP contribution < -0.4 is 11.1 Å². The summed E-state index contributed by atoms with van der Waals surface area (Å²) in [6, 6.07) is 10.2. The SMILES string of the molecule is CC(C(=O)NC1CCCC1CN)c1ccccc1.Cl. The second-order valence-corrected chi connectivity index (χ2v) is 5.17. The summed E-state index contributed by atoms with van der Waals surface area (Å²) in [6.07, 6.45) is 3.38. The van der Waals surface area contributed by atoms with Gasteiger partial charge in [0, 0.05) is 6.04 Å². The molecule has 1 aliphatic carbocycles. The number of hydrogen-bond donors (Lipinski definition) is 2. The lowest BCUT2D eigenvalue weighted by Gasteiger charge is -2.22. The molecule has 1 aromatic carbocycles. The molecule has 0 aliphatic heterocycles. The zero-order valence-corrected chi connectivity index (χ0v) is 12.2. The average Bonchev–Trinajstić information content (AvgIpc) is 2.86. The molecule has 3 unspecified atom stereocenters. The van der Waals surface area contributed by atoms with Crippen LogP contribution in [0.15, 0.2) is 30.3 Å². The Balaban J connectivity index is 0.00000180. The Morgan fingerprint density at radius 3 is 2.68 bits per heavy atom. The first kappa shape index (κ1) is 16.0. The highest BCUT2D eigenvalue weighted by atomic mass is 35.5. The number of carbonyl (C=O) groups is 1. The topological polar surface area (TPSA) is 55.1 Å². The van der Waals surface area contributed by atoms with Crippen molar-refractivity contribution in [2.45, 2.75) is 38.1 Å². The Morgan fingerprint density at radius 1 is 1.37 bits per heavy atom. The van der Waals surface area contributed by atoms with Gasteiger partial charge >= 0.3 is 0 Å². The molecule has 0 bridgehead atoms. The first-order valence-electron chi connectivity index (χ1n) is 6.77. The van der Waals surface area contributed by atoms with Crippen LogP contribution in [0.4, 0.5) is 0 Å². The fourth-order valence-corrected chi connectivity index (χ4v) is 2.71. The van der Waals surface area contributed by atoms with Crippen LogP contribution in [0, 0.1) is 5.92 Å². The van der Waals surface area contributed by atoms with E-state index >= 15 is 0 Å². The standard InChI is InChI=1S/C15H22N2O.ClH/c1-11(12-6-3-2-4-7-12)15(18)17-14-9-5-8-13(14)10-16;/h2-4,6-7,11,13-14H,5,8-10,16H2,1H3,(H,17,18);1H. The van der Waals surface area contributed by atoms with Gasteiger partial charge in [-0.3, -0.25) is 4.79 Å². The number of carbonyl (C=O) groups excluding carboxylic acids is 1. The van der Waals surface area contributed by atoms with Gasteiger partial charge in [0.25, 0.3) is 0 Å². The Labute approximate surface area is 121 Å². The van der Waals surface area contributed by atoms with E-state index in [2.05, 4.69) is 5.32 Å². The van der Waals surface area contributed by atoms with Crippen molar-refractivity contribution in [3.05, 3.63) is 35.9 Å². The molecule has 3 atom stereocenters. The summed E-state index contributed by atoms with van der Waals surface area (Å²) in [7, 11) is 0. The number of benzene rings is 1. The average molecular weight is 283 g/mol. The smallest absolute Gasteiger partial charge is 0.227 e. The van der Waals surface area contributed by atoms with Crippen molar-refractivity contribution in [2.75, 3.05) is 6.54 Å². The summed E-state index contributed by atoms with van der Waals surface area (Å²) >= 11 is 0. The van der Waals surface area contributed by atoms with E-state index in [1.807, 2.05) is 37.3 Å². The minimum absolute atomic E-state index is 0. The molecule has 106 valence electrons. The number of rotatable bonds is 4. The van der Waals surface area contributed by atoms with Crippen molar-refractivity contribution < 1.29 is 4.79 Å². The first-order chi connectivity index (χ1) is 8.72. The number of halogens is 1. The number of hydrogen-bond acceptors (Lipinski definition) is 2. The third-order valence-electron chi connectivity index (χ3n) is 3.98. The van der Waals surface area contributed by atoms with E-state index in [0.717, 1.165) is 18.4 Å². The van der Waals surface area contributed by atoms with Crippen LogP contribution in [0.5, 0.6) is 0 Å². The van der Waals surface area contributed by atoms with Crippen LogP contribution in [0.2, 0.25) is 0 Å². The molecule has 0 aromatic heterocycles. The summed E-state index contributed by atoms with van der Waals surface area (Å²) in [5.74, 6) is 0.480. The van der Waals surface area contributed by atoms with E-state index in [1.165, 1.54) is 6.42 Å². The Morgan fingerprint density at radius 2 is 2.05 bits per heavy atom. The molecule has 1 aliphatic rings. The van der Waals surface area contributed by atoms with Crippen LogP contribution in [-0.2, 0) is 4.79 Å². The Hall–Kier alpha value is -1.06. The lowest BCUT2D eigenvalue weighted by molar-refractivity contribution is -0.123. The maximum absolute atomic E-state index is 12.2. The van der Waals surface area contributed by atoms with E-state index < -0.39 is 0 Å². The summed E-state index contributed by atoms with van der Waals surface area (Å²) in [5.41, 5.74) is 6.80. The molecule has 1 amide bonds. The van der Waals surface area contributed by atoms with Crippen LogP contribution in [0.3, 0.4) is 0 Å². The summed E-state index contributed by atoms with van der Waals surface area (Å²) in [4.78, 5) is 12.2. The van der Waals surface area contributed by atoms with Crippen molar-refractivity contribution >= 4 is 18.3 Å². The summed E-state index contributed by atoms with van der Waals surface area (Å²) < 4.78 is 0. The van der Waals surface area contributed by atoms with Crippen LogP contribution >= 0.6 is 12.4 Å². The minimum Gasteiger partial charge on any atom is -0.353 e. The first-order valence-corrected chi connectivity index (χ1v) is 6.77. The van der Waals surface area contributed by atoms with Crippen LogP contribution in [0.25, 0.3) is 0 Å². The van der Waals surface area contributed by atoms with Crippen molar-refractivity contribution in [1.29, 1.82) is 0 Å². The molecular formula is C15H23ClN2O. The number of nitrogens with two attached hydrogens (primary N) is 1. The van der Waals surface area contributed by atoms with Crippen molar-refractivity contribution in [3.63, 3.8) is 0 Å². The number of nitrogens with one attached hydrogen (secondary N) is 1. The molecule has 1 fully saturated rings. The molecule has 0 radical (unpaired) electrons. The molecule has 0 heterocycles. The molecule has 3 nitrogen and oxygen atoms in total. The second kappa shape index (κ2) is 7.51. The van der Waals surface area contributed by atoms with Gasteiger partial charge in [-0.2, -0.15) is 0 Å². The third-order valence-corrected chi connectivity index (χ3v) is 3.98. The van der Waals surface area contributed by atoms with E-state index in [-0.39, 0.29) is 30.3 Å². The minimum atomic E-state index is -0.0924. The molecule has 3 N–H and O–H groups in total. The number of amides is 1. The molecule has 0 spiro atoms. The van der Waals surface area contributed by atoms with Gasteiger partial charge in [-0.1, -0.05) is 36.8 Å². The molecule has 2 rings (SSSR count). The van der Waals surface area contributed by atoms with Crippen molar-refractivity contribution in [1.82, 2.24) is 5.32 Å². The highest BCUT2D eigenvalue weighted by Gasteiger charge is 2.28. The zero-order valence-electron chi connectivity index (χ0n) is 11.3. The molecule has 1 aromatic rings. The van der Waals surface area contributed by atoms with Gasteiger partial charge in [-0.15, -0.1) is 12.4 Å². The van der Waals surface area contributed by atoms with Gasteiger partial charge in [0.2, 0.25) is 5.91 Å². The van der Waals surface area contributed by atoms with Gasteiger partial charge in [0.15, 0.2) is 0 Å². The molecular weight excluding hydrogens is 260 g/mol. The van der Waals surface area contributed by atoms with E-state index in [1.54, 1.807) is 0 Å². The fraction of sp³-hybridized carbons (Fsp3) is 0.533. The molecule has 0 saturated heterocycles. The highest BCUT2D eigenvalue weighted by Crippen LogP contribution is 2.25.